The summed E-state index contributed by atoms with van der Waals surface area (Å²) in [5, 5.41) is 0.823. The van der Waals surface area contributed by atoms with Gasteiger partial charge in [0.05, 0.1) is 0 Å². The lowest BCUT2D eigenvalue weighted by atomic mass is 9.88. The van der Waals surface area contributed by atoms with Gasteiger partial charge in [-0.3, -0.25) is 4.90 Å². The van der Waals surface area contributed by atoms with Crippen LogP contribution >= 0.6 is 11.6 Å². The Morgan fingerprint density at radius 1 is 1.33 bits per heavy atom. The van der Waals surface area contributed by atoms with Gasteiger partial charge in [-0.1, -0.05) is 29.8 Å². The molecule has 1 aliphatic heterocycles. The fourth-order valence-corrected chi connectivity index (χ4v) is 2.74. The number of rotatable bonds is 4. The molecule has 0 unspecified atom stereocenters. The Kier molecular flexibility index (Phi) is 4.62. The van der Waals surface area contributed by atoms with E-state index in [1.807, 2.05) is 18.2 Å². The molecule has 2 N–H and O–H groups in total. The molecule has 1 fully saturated rings. The average Bonchev–Trinajstić information content (AvgIpc) is 2.42. The maximum atomic E-state index is 6.21. The highest BCUT2D eigenvalue weighted by Gasteiger charge is 2.35. The molecule has 18 heavy (non-hydrogen) atoms. The predicted molar refractivity (Wildman–Crippen MR) is 74.8 cm³/mol. The molecular weight excluding hydrogens is 248 g/mol. The maximum Gasteiger partial charge on any atom is 0.0484 e. The first kappa shape index (κ1) is 13.8. The second-order valence-corrected chi connectivity index (χ2v) is 5.40. The SMILES string of the molecule is CN(Cc1ccccc1Cl)C1(CN)CCOCC1. The van der Waals surface area contributed by atoms with Crippen LogP contribution in [0.15, 0.2) is 24.3 Å². The van der Waals surface area contributed by atoms with E-state index in [-0.39, 0.29) is 5.54 Å². The number of ether oxygens (including phenoxy) is 1. The molecule has 0 bridgehead atoms. The quantitative estimate of drug-likeness (QED) is 0.911. The molecule has 1 heterocycles. The fraction of sp³-hybridized carbons (Fsp3) is 0.571. The minimum absolute atomic E-state index is 0.0530. The van der Waals surface area contributed by atoms with Gasteiger partial charge in [-0.05, 0) is 31.5 Å². The molecule has 0 radical (unpaired) electrons. The molecule has 0 aromatic heterocycles. The second kappa shape index (κ2) is 6.02. The zero-order valence-electron chi connectivity index (χ0n) is 10.9. The number of benzene rings is 1. The lowest BCUT2D eigenvalue weighted by molar-refractivity contribution is -0.0163. The Hall–Kier alpha value is -0.610. The monoisotopic (exact) mass is 268 g/mol. The second-order valence-electron chi connectivity index (χ2n) is 4.99. The van der Waals surface area contributed by atoms with Crippen molar-refractivity contribution in [3.05, 3.63) is 34.9 Å². The Labute approximate surface area is 114 Å². The molecule has 3 nitrogen and oxygen atoms in total. The highest BCUT2D eigenvalue weighted by Crippen LogP contribution is 2.28. The van der Waals surface area contributed by atoms with E-state index in [4.69, 9.17) is 22.1 Å². The van der Waals surface area contributed by atoms with E-state index < -0.39 is 0 Å². The van der Waals surface area contributed by atoms with Crippen LogP contribution in [0.25, 0.3) is 0 Å². The van der Waals surface area contributed by atoms with Crippen LogP contribution in [-0.2, 0) is 11.3 Å². The molecule has 0 spiro atoms. The number of nitrogens with two attached hydrogens (primary N) is 1. The summed E-state index contributed by atoms with van der Waals surface area (Å²) in [6, 6.07) is 7.99. The van der Waals surface area contributed by atoms with Crippen molar-refractivity contribution in [2.75, 3.05) is 26.8 Å². The van der Waals surface area contributed by atoms with Gasteiger partial charge in [0.25, 0.3) is 0 Å². The number of halogens is 1. The summed E-state index contributed by atoms with van der Waals surface area (Å²) in [6.45, 7) is 3.09. The average molecular weight is 269 g/mol. The van der Waals surface area contributed by atoms with Crippen LogP contribution in [0, 0.1) is 0 Å². The van der Waals surface area contributed by atoms with Gasteiger partial charge in [0.1, 0.15) is 0 Å². The van der Waals surface area contributed by atoms with Crippen LogP contribution in [-0.4, -0.2) is 37.2 Å². The van der Waals surface area contributed by atoms with Gasteiger partial charge >= 0.3 is 0 Å². The van der Waals surface area contributed by atoms with Crippen LogP contribution in [0.2, 0.25) is 5.02 Å². The zero-order valence-corrected chi connectivity index (χ0v) is 11.6. The van der Waals surface area contributed by atoms with Crippen LogP contribution in [0.3, 0.4) is 0 Å². The first-order chi connectivity index (χ1) is 8.68. The summed E-state index contributed by atoms with van der Waals surface area (Å²) >= 11 is 6.21. The lowest BCUT2D eigenvalue weighted by Gasteiger charge is -2.44. The molecule has 1 aliphatic rings. The zero-order chi connectivity index (χ0) is 13.0. The summed E-state index contributed by atoms with van der Waals surface area (Å²) in [5.41, 5.74) is 7.21. The first-order valence-corrected chi connectivity index (χ1v) is 6.78. The highest BCUT2D eigenvalue weighted by molar-refractivity contribution is 6.31. The molecule has 100 valence electrons. The van der Waals surface area contributed by atoms with Crippen LogP contribution < -0.4 is 5.73 Å². The third kappa shape index (κ3) is 2.86. The minimum Gasteiger partial charge on any atom is -0.381 e. The number of hydrogen-bond donors (Lipinski definition) is 1. The fourth-order valence-electron chi connectivity index (χ4n) is 2.54. The molecule has 1 aromatic rings. The summed E-state index contributed by atoms with van der Waals surface area (Å²) in [5.74, 6) is 0. The molecule has 0 saturated carbocycles. The minimum atomic E-state index is 0.0530. The third-order valence-corrected chi connectivity index (χ3v) is 4.35. The lowest BCUT2D eigenvalue weighted by Crippen LogP contribution is -2.54. The van der Waals surface area contributed by atoms with Gasteiger partial charge in [-0.25, -0.2) is 0 Å². The first-order valence-electron chi connectivity index (χ1n) is 6.40. The van der Waals surface area contributed by atoms with Crippen LogP contribution in [0.1, 0.15) is 18.4 Å². The molecule has 1 saturated heterocycles. The Morgan fingerprint density at radius 2 is 2.00 bits per heavy atom. The summed E-state index contributed by atoms with van der Waals surface area (Å²) < 4.78 is 5.44. The van der Waals surface area contributed by atoms with E-state index >= 15 is 0 Å². The van der Waals surface area contributed by atoms with E-state index in [0.717, 1.165) is 43.2 Å². The van der Waals surface area contributed by atoms with Crippen molar-refractivity contribution in [3.8, 4) is 0 Å². The van der Waals surface area contributed by atoms with Crippen LogP contribution in [0.4, 0.5) is 0 Å². The van der Waals surface area contributed by atoms with Gasteiger partial charge < -0.3 is 10.5 Å². The number of nitrogens with zero attached hydrogens (tertiary/aromatic N) is 1. The molecular formula is C14H21ClN2O. The Balaban J connectivity index is 2.10. The van der Waals surface area contributed by atoms with E-state index in [1.165, 1.54) is 0 Å². The summed E-state index contributed by atoms with van der Waals surface area (Å²) in [4.78, 5) is 2.33. The molecule has 0 aliphatic carbocycles. The maximum absolute atomic E-state index is 6.21. The number of likely N-dealkylation sites (N-methyl/N-ethyl adjacent to an activating group) is 1. The molecule has 2 rings (SSSR count). The molecule has 0 amide bonds. The topological polar surface area (TPSA) is 38.5 Å². The van der Waals surface area contributed by atoms with Crippen molar-refractivity contribution < 1.29 is 4.74 Å². The molecule has 1 aromatic carbocycles. The Morgan fingerprint density at radius 3 is 2.61 bits per heavy atom. The van der Waals surface area contributed by atoms with Crippen LogP contribution in [0.5, 0.6) is 0 Å². The number of hydrogen-bond acceptors (Lipinski definition) is 3. The predicted octanol–water partition coefficient (Wildman–Crippen LogP) is 2.28. The van der Waals surface area contributed by atoms with E-state index in [0.29, 0.717) is 6.54 Å². The van der Waals surface area contributed by atoms with Crippen molar-refractivity contribution in [2.24, 2.45) is 5.73 Å². The van der Waals surface area contributed by atoms with Crippen molar-refractivity contribution >= 4 is 11.6 Å². The van der Waals surface area contributed by atoms with Crippen molar-refractivity contribution in [1.29, 1.82) is 0 Å². The molecule has 0 atom stereocenters. The highest BCUT2D eigenvalue weighted by atomic mass is 35.5. The van der Waals surface area contributed by atoms with E-state index in [9.17, 15) is 0 Å². The van der Waals surface area contributed by atoms with E-state index in [1.54, 1.807) is 0 Å². The van der Waals surface area contributed by atoms with Crippen molar-refractivity contribution in [1.82, 2.24) is 4.90 Å². The van der Waals surface area contributed by atoms with Crippen molar-refractivity contribution in [3.63, 3.8) is 0 Å². The van der Waals surface area contributed by atoms with Gasteiger partial charge in [0.2, 0.25) is 0 Å². The summed E-state index contributed by atoms with van der Waals surface area (Å²) in [6.07, 6.45) is 1.98. The summed E-state index contributed by atoms with van der Waals surface area (Å²) in [7, 11) is 2.13. The van der Waals surface area contributed by atoms with Gasteiger partial charge in [0, 0.05) is 36.9 Å². The van der Waals surface area contributed by atoms with Gasteiger partial charge in [-0.15, -0.1) is 0 Å². The van der Waals surface area contributed by atoms with Gasteiger partial charge in [-0.2, -0.15) is 0 Å². The van der Waals surface area contributed by atoms with Gasteiger partial charge in [0.15, 0.2) is 0 Å². The smallest absolute Gasteiger partial charge is 0.0484 e. The molecule has 4 heteroatoms. The van der Waals surface area contributed by atoms with E-state index in [2.05, 4.69) is 18.0 Å². The van der Waals surface area contributed by atoms with Crippen molar-refractivity contribution in [2.45, 2.75) is 24.9 Å². The standard InChI is InChI=1S/C14H21ClN2O/c1-17(10-12-4-2-3-5-13(12)15)14(11-16)6-8-18-9-7-14/h2-5H,6-11,16H2,1H3. The Bertz CT molecular complexity index is 391. The third-order valence-electron chi connectivity index (χ3n) is 3.98. The largest absolute Gasteiger partial charge is 0.381 e. The normalized spacial score (nSPS) is 19.1.